The third-order valence-electron chi connectivity index (χ3n) is 7.93. The molecule has 0 saturated carbocycles. The van der Waals surface area contributed by atoms with Crippen LogP contribution in [0.2, 0.25) is 0 Å². The number of cyclic esters (lactones) is 2. The molecule has 0 aromatic heterocycles. The molecule has 0 aliphatic carbocycles. The molecule has 2 saturated heterocycles. The van der Waals surface area contributed by atoms with E-state index in [4.69, 9.17) is 35.3 Å². The Kier molecular flexibility index (Phi) is 20.5. The minimum atomic E-state index is -0.841. The maximum atomic E-state index is 11.8. The minimum absolute atomic E-state index is 0.0679. The molecular weight excluding hydrogens is 652 g/mol. The SMILES string of the molecule is CCCCCC(=O)Cl.CCCCCC(=O)OCC1(COCc2ccccc2)CCC(=O)O1.O=C1CCC(CO)(COCc2ccccc2)O1. The number of carbonyl (C=O) groups is 4. The van der Waals surface area contributed by atoms with E-state index in [1.165, 1.54) is 0 Å². The van der Waals surface area contributed by atoms with Crippen molar-refractivity contribution < 1.29 is 48.0 Å². The molecule has 2 atom stereocenters. The zero-order chi connectivity index (χ0) is 35.8. The Hall–Kier alpha value is -3.31. The van der Waals surface area contributed by atoms with Gasteiger partial charge >= 0.3 is 17.9 Å². The lowest BCUT2D eigenvalue weighted by Crippen LogP contribution is -2.40. The van der Waals surface area contributed by atoms with E-state index >= 15 is 0 Å². The lowest BCUT2D eigenvalue weighted by atomic mass is 10.0. The van der Waals surface area contributed by atoms with Crippen molar-refractivity contribution in [2.75, 3.05) is 26.4 Å². The smallest absolute Gasteiger partial charge is 0.306 e. The summed E-state index contributed by atoms with van der Waals surface area (Å²) in [6.07, 6.45) is 8.77. The third kappa shape index (κ3) is 17.8. The van der Waals surface area contributed by atoms with Gasteiger partial charge in [-0.05, 0) is 35.6 Å². The van der Waals surface area contributed by atoms with Gasteiger partial charge in [-0.2, -0.15) is 0 Å². The summed E-state index contributed by atoms with van der Waals surface area (Å²) in [6.45, 7) is 5.43. The second-order valence-electron chi connectivity index (χ2n) is 12.4. The minimum Gasteiger partial charge on any atom is -0.461 e. The summed E-state index contributed by atoms with van der Waals surface area (Å²) < 4.78 is 27.1. The van der Waals surface area contributed by atoms with E-state index in [1.54, 1.807) is 0 Å². The molecule has 11 heteroatoms. The summed E-state index contributed by atoms with van der Waals surface area (Å²) in [6, 6.07) is 19.5. The van der Waals surface area contributed by atoms with Crippen molar-refractivity contribution in [1.29, 1.82) is 0 Å². The van der Waals surface area contributed by atoms with E-state index in [0.717, 1.165) is 49.7 Å². The normalized spacial score (nSPS) is 19.5. The fourth-order valence-electron chi connectivity index (χ4n) is 5.03. The van der Waals surface area contributed by atoms with Crippen LogP contribution in [0.15, 0.2) is 60.7 Å². The molecule has 2 fully saturated rings. The van der Waals surface area contributed by atoms with Crippen LogP contribution in [0.25, 0.3) is 0 Å². The molecule has 0 amide bonds. The van der Waals surface area contributed by atoms with Crippen molar-refractivity contribution in [3.8, 4) is 0 Å². The first kappa shape index (κ1) is 41.9. The van der Waals surface area contributed by atoms with Gasteiger partial charge in [-0.15, -0.1) is 0 Å². The molecule has 2 aliphatic heterocycles. The highest BCUT2D eigenvalue weighted by molar-refractivity contribution is 6.63. The number of halogens is 1. The molecule has 1 N–H and O–H groups in total. The predicted octanol–water partition coefficient (Wildman–Crippen LogP) is 7.01. The van der Waals surface area contributed by atoms with Crippen LogP contribution in [0.3, 0.4) is 0 Å². The van der Waals surface area contributed by atoms with Crippen molar-refractivity contribution in [3.05, 3.63) is 71.8 Å². The van der Waals surface area contributed by atoms with E-state index in [0.29, 0.717) is 51.7 Å². The number of hydrogen-bond acceptors (Lipinski definition) is 10. The van der Waals surface area contributed by atoms with E-state index in [1.807, 2.05) is 60.7 Å². The maximum absolute atomic E-state index is 11.8. The number of ether oxygens (including phenoxy) is 5. The van der Waals surface area contributed by atoms with Crippen LogP contribution in [0, 0.1) is 0 Å². The fourth-order valence-corrected chi connectivity index (χ4v) is 5.16. The third-order valence-corrected chi connectivity index (χ3v) is 8.12. The number of esters is 3. The van der Waals surface area contributed by atoms with Crippen LogP contribution in [-0.2, 0) is 56.1 Å². The Morgan fingerprint density at radius 3 is 1.61 bits per heavy atom. The molecule has 2 unspecified atom stereocenters. The van der Waals surface area contributed by atoms with Gasteiger partial charge in [0, 0.05) is 38.5 Å². The second-order valence-corrected chi connectivity index (χ2v) is 12.8. The van der Waals surface area contributed by atoms with E-state index in [9.17, 15) is 24.3 Å². The Morgan fingerprint density at radius 1 is 0.714 bits per heavy atom. The standard InChI is InChI=1S/C19H26O5.C13H16O4.C6H11ClO/c1-2-3-5-10-17(20)23-15-19(12-11-18(21)24-19)14-22-13-16-8-6-4-7-9-16;14-9-13(7-6-12(15)17-13)10-16-8-11-4-2-1-3-5-11;1-2-3-4-5-6(7)8/h4,6-9H,2-3,5,10-15H2,1H3;1-5,14H,6-10H2;2-5H2,1H3. The van der Waals surface area contributed by atoms with Gasteiger partial charge in [0.25, 0.3) is 0 Å². The molecule has 2 aliphatic rings. The number of unbranched alkanes of at least 4 members (excludes halogenated alkanes) is 4. The average Bonchev–Trinajstić information content (AvgIpc) is 3.67. The van der Waals surface area contributed by atoms with Crippen molar-refractivity contribution >= 4 is 34.8 Å². The van der Waals surface area contributed by atoms with Gasteiger partial charge in [0.15, 0.2) is 11.2 Å². The van der Waals surface area contributed by atoms with Gasteiger partial charge in [0.1, 0.15) is 6.61 Å². The molecule has 2 aromatic rings. The first-order chi connectivity index (χ1) is 23.6. The quantitative estimate of drug-likeness (QED) is 0.0705. The van der Waals surface area contributed by atoms with E-state index in [2.05, 4.69) is 13.8 Å². The predicted molar refractivity (Wildman–Crippen MR) is 185 cm³/mol. The lowest BCUT2D eigenvalue weighted by Gasteiger charge is -2.27. The van der Waals surface area contributed by atoms with Gasteiger partial charge < -0.3 is 28.8 Å². The van der Waals surface area contributed by atoms with Crippen LogP contribution in [-0.4, -0.2) is 65.9 Å². The summed E-state index contributed by atoms with van der Waals surface area (Å²) in [5.41, 5.74) is 0.441. The number of hydrogen-bond donors (Lipinski definition) is 1. The highest BCUT2D eigenvalue weighted by atomic mass is 35.5. The largest absolute Gasteiger partial charge is 0.461 e. The maximum Gasteiger partial charge on any atom is 0.306 e. The van der Waals surface area contributed by atoms with Crippen molar-refractivity contribution in [2.45, 2.75) is 115 Å². The summed E-state index contributed by atoms with van der Waals surface area (Å²) in [7, 11) is 0. The lowest BCUT2D eigenvalue weighted by molar-refractivity contribution is -0.169. The van der Waals surface area contributed by atoms with Crippen LogP contribution in [0.4, 0.5) is 0 Å². The number of carbonyl (C=O) groups excluding carboxylic acids is 4. The Labute approximate surface area is 295 Å². The van der Waals surface area contributed by atoms with E-state index < -0.39 is 11.2 Å². The topological polar surface area (TPSA) is 135 Å². The first-order valence-corrected chi connectivity index (χ1v) is 17.6. The number of aliphatic hydroxyl groups excluding tert-OH is 1. The molecule has 2 heterocycles. The molecule has 2 aromatic carbocycles. The van der Waals surface area contributed by atoms with Crippen LogP contribution in [0.5, 0.6) is 0 Å². The summed E-state index contributed by atoms with van der Waals surface area (Å²) in [5, 5.41) is 9.06. The summed E-state index contributed by atoms with van der Waals surface area (Å²) in [4.78, 5) is 44.5. The Balaban J connectivity index is 0.000000289. The monoisotopic (exact) mass is 704 g/mol. The fraction of sp³-hybridized carbons (Fsp3) is 0.579. The number of aliphatic hydroxyl groups is 1. The van der Waals surface area contributed by atoms with Gasteiger partial charge in [-0.25, -0.2) is 0 Å². The van der Waals surface area contributed by atoms with Crippen LogP contribution in [0.1, 0.15) is 102 Å². The van der Waals surface area contributed by atoms with Gasteiger partial charge in [-0.3, -0.25) is 19.2 Å². The van der Waals surface area contributed by atoms with Gasteiger partial charge in [0.05, 0.1) is 33.0 Å². The second kappa shape index (κ2) is 23.9. The molecule has 0 radical (unpaired) electrons. The Morgan fingerprint density at radius 2 is 1.18 bits per heavy atom. The summed E-state index contributed by atoms with van der Waals surface area (Å²) >= 11 is 5.07. The van der Waals surface area contributed by atoms with Crippen molar-refractivity contribution in [1.82, 2.24) is 0 Å². The molecule has 49 heavy (non-hydrogen) atoms. The molecular formula is C38H53ClO10. The van der Waals surface area contributed by atoms with Crippen molar-refractivity contribution in [3.63, 3.8) is 0 Å². The summed E-state index contributed by atoms with van der Waals surface area (Å²) in [5.74, 6) is -0.767. The molecule has 10 nitrogen and oxygen atoms in total. The van der Waals surface area contributed by atoms with Crippen LogP contribution < -0.4 is 0 Å². The average molecular weight is 705 g/mol. The zero-order valence-corrected chi connectivity index (χ0v) is 29.8. The Bertz CT molecular complexity index is 1240. The number of benzene rings is 2. The molecule has 272 valence electrons. The first-order valence-electron chi connectivity index (χ1n) is 17.3. The van der Waals surface area contributed by atoms with Crippen molar-refractivity contribution in [2.24, 2.45) is 0 Å². The molecule has 0 bridgehead atoms. The zero-order valence-electron chi connectivity index (χ0n) is 29.0. The molecule has 0 spiro atoms. The van der Waals surface area contributed by atoms with Gasteiger partial charge in [-0.1, -0.05) is 100 Å². The number of rotatable bonds is 19. The van der Waals surface area contributed by atoms with Crippen LogP contribution >= 0.6 is 11.6 Å². The highest BCUT2D eigenvalue weighted by Gasteiger charge is 2.42. The highest BCUT2D eigenvalue weighted by Crippen LogP contribution is 2.29. The van der Waals surface area contributed by atoms with E-state index in [-0.39, 0.29) is 49.6 Å². The van der Waals surface area contributed by atoms with Gasteiger partial charge in [0.2, 0.25) is 5.24 Å². The molecule has 4 rings (SSSR count).